The number of nitrogens with zero attached hydrogens (tertiary/aromatic N) is 2. The molecule has 8 heteroatoms. The van der Waals surface area contributed by atoms with Crippen LogP contribution in [0, 0.1) is 0 Å². The fourth-order valence-corrected chi connectivity index (χ4v) is 3.68. The van der Waals surface area contributed by atoms with Gasteiger partial charge >= 0.3 is 0 Å². The molecular formula is C20H13ClN4O2S. The molecule has 6 nitrogen and oxygen atoms in total. The van der Waals surface area contributed by atoms with Crippen molar-refractivity contribution in [1.29, 1.82) is 0 Å². The first-order valence-electron chi connectivity index (χ1n) is 8.24. The summed E-state index contributed by atoms with van der Waals surface area (Å²) in [5.41, 5.74) is 7.66. The number of nitrogens with two attached hydrogens (primary N) is 1. The van der Waals surface area contributed by atoms with E-state index in [1.54, 1.807) is 12.1 Å². The summed E-state index contributed by atoms with van der Waals surface area (Å²) >= 11 is 7.33. The fraction of sp³-hybridized carbons (Fsp3) is 0. The Hall–Kier alpha value is -3.29. The largest absolute Gasteiger partial charge is 0.365 e. The lowest BCUT2D eigenvalue weighted by Crippen LogP contribution is -2.13. The molecule has 0 atom stereocenters. The molecule has 0 radical (unpaired) electrons. The van der Waals surface area contributed by atoms with Gasteiger partial charge in [-0.1, -0.05) is 59.3 Å². The number of carbonyl (C=O) groups excluding carboxylic acids is 2. The van der Waals surface area contributed by atoms with Crippen molar-refractivity contribution in [3.8, 4) is 11.3 Å². The third-order valence-corrected chi connectivity index (χ3v) is 5.34. The highest BCUT2D eigenvalue weighted by molar-refractivity contribution is 7.17. The van der Waals surface area contributed by atoms with Gasteiger partial charge in [-0.2, -0.15) is 0 Å². The summed E-state index contributed by atoms with van der Waals surface area (Å²) in [5.74, 6) is -0.953. The van der Waals surface area contributed by atoms with Crippen LogP contribution in [0.1, 0.15) is 20.0 Å². The van der Waals surface area contributed by atoms with E-state index in [2.05, 4.69) is 15.3 Å². The van der Waals surface area contributed by atoms with Gasteiger partial charge in [0.25, 0.3) is 11.8 Å². The fourth-order valence-electron chi connectivity index (χ4n) is 2.78. The molecule has 138 valence electrons. The van der Waals surface area contributed by atoms with Gasteiger partial charge in [-0.05, 0) is 18.2 Å². The van der Waals surface area contributed by atoms with E-state index in [0.717, 1.165) is 16.9 Å². The highest BCUT2D eigenvalue weighted by Gasteiger charge is 2.17. The second-order valence-corrected chi connectivity index (χ2v) is 7.34. The molecule has 28 heavy (non-hydrogen) atoms. The van der Waals surface area contributed by atoms with E-state index < -0.39 is 5.91 Å². The number of thiazole rings is 1. The summed E-state index contributed by atoms with van der Waals surface area (Å²) in [5, 5.41) is 4.25. The van der Waals surface area contributed by atoms with Crippen LogP contribution in [0.4, 0.5) is 5.13 Å². The highest BCUT2D eigenvalue weighted by Crippen LogP contribution is 2.30. The number of hydrogen-bond acceptors (Lipinski definition) is 5. The Morgan fingerprint density at radius 2 is 1.82 bits per heavy atom. The average molecular weight is 409 g/mol. The molecule has 0 aliphatic carbocycles. The smallest absolute Gasteiger partial charge is 0.260 e. The van der Waals surface area contributed by atoms with Crippen LogP contribution in [0.15, 0.2) is 60.8 Å². The predicted molar refractivity (Wildman–Crippen MR) is 111 cm³/mol. The van der Waals surface area contributed by atoms with Crippen LogP contribution in [-0.4, -0.2) is 21.8 Å². The molecule has 2 aromatic carbocycles. The number of amides is 2. The number of anilines is 1. The molecule has 0 fully saturated rings. The topological polar surface area (TPSA) is 98.0 Å². The van der Waals surface area contributed by atoms with Gasteiger partial charge in [0.1, 0.15) is 4.88 Å². The van der Waals surface area contributed by atoms with Gasteiger partial charge in [0, 0.05) is 16.0 Å². The van der Waals surface area contributed by atoms with Gasteiger partial charge < -0.3 is 5.73 Å². The molecule has 0 spiro atoms. The molecule has 2 heterocycles. The maximum Gasteiger partial charge on any atom is 0.260 e. The molecule has 0 aliphatic rings. The van der Waals surface area contributed by atoms with E-state index >= 15 is 0 Å². The molecule has 0 bridgehead atoms. The van der Waals surface area contributed by atoms with Crippen LogP contribution in [0.5, 0.6) is 0 Å². The Morgan fingerprint density at radius 1 is 1.07 bits per heavy atom. The Morgan fingerprint density at radius 3 is 2.57 bits per heavy atom. The summed E-state index contributed by atoms with van der Waals surface area (Å²) in [6.45, 7) is 0. The van der Waals surface area contributed by atoms with Gasteiger partial charge in [0.2, 0.25) is 0 Å². The van der Waals surface area contributed by atoms with Crippen LogP contribution in [0.3, 0.4) is 0 Å². The number of para-hydroxylation sites is 1. The maximum atomic E-state index is 13.0. The predicted octanol–water partition coefficient (Wildman–Crippen LogP) is 4.36. The zero-order valence-electron chi connectivity index (χ0n) is 14.3. The molecule has 0 saturated heterocycles. The summed E-state index contributed by atoms with van der Waals surface area (Å²) in [4.78, 5) is 33.1. The monoisotopic (exact) mass is 408 g/mol. The van der Waals surface area contributed by atoms with Crippen molar-refractivity contribution in [2.45, 2.75) is 0 Å². The zero-order chi connectivity index (χ0) is 19.7. The number of nitrogens with one attached hydrogen (secondary N) is 1. The number of benzene rings is 2. The second-order valence-electron chi connectivity index (χ2n) is 5.90. The minimum Gasteiger partial charge on any atom is -0.365 e. The second kappa shape index (κ2) is 7.38. The van der Waals surface area contributed by atoms with Crippen LogP contribution >= 0.6 is 22.9 Å². The normalized spacial score (nSPS) is 10.8. The first kappa shape index (κ1) is 18.1. The van der Waals surface area contributed by atoms with Crippen LogP contribution in [-0.2, 0) is 0 Å². The van der Waals surface area contributed by atoms with Gasteiger partial charge in [-0.15, -0.1) is 0 Å². The standard InChI is InChI=1S/C20H13ClN4O2S/c21-14-7-3-1-6-12(14)16-9-13(11-5-2-4-8-15(11)24-16)19(27)25-20-23-10-17(28-20)18(22)26/h1-10H,(H2,22,26)(H,23,25,27). The third kappa shape index (κ3) is 3.45. The summed E-state index contributed by atoms with van der Waals surface area (Å²) in [6.07, 6.45) is 1.34. The summed E-state index contributed by atoms with van der Waals surface area (Å²) in [7, 11) is 0. The Balaban J connectivity index is 1.79. The molecule has 0 aliphatic heterocycles. The van der Waals surface area contributed by atoms with Crippen molar-refractivity contribution in [3.05, 3.63) is 76.3 Å². The van der Waals surface area contributed by atoms with Gasteiger partial charge in [0.15, 0.2) is 5.13 Å². The Labute approximate surface area is 169 Å². The first-order chi connectivity index (χ1) is 13.5. The van der Waals surface area contributed by atoms with E-state index in [4.69, 9.17) is 17.3 Å². The number of aromatic nitrogens is 2. The number of fused-ring (bicyclic) bond motifs is 1. The van der Waals surface area contributed by atoms with Crippen molar-refractivity contribution in [3.63, 3.8) is 0 Å². The molecule has 2 amide bonds. The lowest BCUT2D eigenvalue weighted by molar-refractivity contribution is 0.100. The lowest BCUT2D eigenvalue weighted by atomic mass is 10.0. The van der Waals surface area contributed by atoms with Gasteiger partial charge in [-0.3, -0.25) is 14.9 Å². The van der Waals surface area contributed by atoms with E-state index in [9.17, 15) is 9.59 Å². The van der Waals surface area contributed by atoms with Crippen molar-refractivity contribution < 1.29 is 9.59 Å². The molecule has 4 rings (SSSR count). The number of carbonyl (C=O) groups is 2. The number of halogens is 1. The van der Waals surface area contributed by atoms with Gasteiger partial charge in [-0.25, -0.2) is 9.97 Å². The van der Waals surface area contributed by atoms with Crippen molar-refractivity contribution in [1.82, 2.24) is 9.97 Å². The Kier molecular flexibility index (Phi) is 4.77. The van der Waals surface area contributed by atoms with Crippen molar-refractivity contribution in [2.24, 2.45) is 5.73 Å². The number of rotatable bonds is 4. The minimum absolute atomic E-state index is 0.270. The Bertz CT molecular complexity index is 1220. The van der Waals surface area contributed by atoms with Crippen molar-refractivity contribution >= 4 is 50.8 Å². The van der Waals surface area contributed by atoms with E-state index in [0.29, 0.717) is 32.3 Å². The third-order valence-electron chi connectivity index (χ3n) is 4.08. The molecule has 0 saturated carbocycles. The van der Waals surface area contributed by atoms with Crippen LogP contribution < -0.4 is 11.1 Å². The SMILES string of the molecule is NC(=O)c1cnc(NC(=O)c2cc(-c3ccccc3Cl)nc3ccccc23)s1. The van der Waals surface area contributed by atoms with E-state index in [1.165, 1.54) is 6.20 Å². The number of pyridine rings is 1. The first-order valence-corrected chi connectivity index (χ1v) is 9.44. The highest BCUT2D eigenvalue weighted by atomic mass is 35.5. The molecule has 2 aromatic heterocycles. The number of primary amides is 1. The molecular weight excluding hydrogens is 396 g/mol. The van der Waals surface area contributed by atoms with Crippen LogP contribution in [0.25, 0.3) is 22.2 Å². The minimum atomic E-state index is -0.589. The van der Waals surface area contributed by atoms with E-state index in [1.807, 2.05) is 42.5 Å². The maximum absolute atomic E-state index is 13.0. The van der Waals surface area contributed by atoms with E-state index in [-0.39, 0.29) is 10.8 Å². The van der Waals surface area contributed by atoms with Crippen LogP contribution in [0.2, 0.25) is 5.02 Å². The molecule has 3 N–H and O–H groups in total. The lowest BCUT2D eigenvalue weighted by Gasteiger charge is -2.10. The molecule has 0 unspecified atom stereocenters. The summed E-state index contributed by atoms with van der Waals surface area (Å²) < 4.78 is 0. The van der Waals surface area contributed by atoms with Crippen molar-refractivity contribution in [2.75, 3.05) is 5.32 Å². The van der Waals surface area contributed by atoms with Gasteiger partial charge in [0.05, 0.1) is 23.0 Å². The molecule has 4 aromatic rings. The average Bonchev–Trinajstić information content (AvgIpc) is 3.16. The quantitative estimate of drug-likeness (QED) is 0.524. The summed E-state index contributed by atoms with van der Waals surface area (Å²) in [6, 6.07) is 16.4. The number of hydrogen-bond donors (Lipinski definition) is 2. The zero-order valence-corrected chi connectivity index (χ0v) is 15.9.